The Balaban J connectivity index is 0.000000740. The van der Waals surface area contributed by atoms with Crippen LogP contribution in [0.25, 0.3) is 5.65 Å². The second kappa shape index (κ2) is 17.3. The summed E-state index contributed by atoms with van der Waals surface area (Å²) in [6.45, 7) is 8.86. The molecule has 0 aliphatic carbocycles. The second-order valence-corrected chi connectivity index (χ2v) is 9.89. The number of alkyl halides is 1. The number of nitrogens with zero attached hydrogens (tertiary/aromatic N) is 4. The molecule has 0 spiro atoms. The van der Waals surface area contributed by atoms with Gasteiger partial charge in [-0.05, 0) is 66.5 Å². The number of aromatic amines is 1. The first kappa shape index (κ1) is 35.4. The fourth-order valence-corrected chi connectivity index (χ4v) is 3.49. The summed E-state index contributed by atoms with van der Waals surface area (Å²) >= 11 is 6.25. The number of fused-ring (bicyclic) bond motifs is 1. The maximum Gasteiger partial charge on any atom is 0.427 e. The lowest BCUT2D eigenvalue weighted by molar-refractivity contribution is -0.142. The van der Waals surface area contributed by atoms with E-state index in [0.29, 0.717) is 16.4 Å². The van der Waals surface area contributed by atoms with Gasteiger partial charge in [0.2, 0.25) is 16.9 Å². The van der Waals surface area contributed by atoms with Crippen molar-refractivity contribution in [1.29, 1.82) is 0 Å². The van der Waals surface area contributed by atoms with Crippen LogP contribution in [0.5, 0.6) is 0 Å². The van der Waals surface area contributed by atoms with Gasteiger partial charge in [-0.2, -0.15) is 0 Å². The average Bonchev–Trinajstić information content (AvgIpc) is 3.48. The van der Waals surface area contributed by atoms with E-state index in [1.54, 1.807) is 40.8 Å². The topological polar surface area (TPSA) is 176 Å². The van der Waals surface area contributed by atoms with Gasteiger partial charge in [0.25, 0.3) is 0 Å². The monoisotopic (exact) mass is 711 g/mol. The third-order valence-electron chi connectivity index (χ3n) is 4.11. The first-order valence-electron chi connectivity index (χ1n) is 12.5. The zero-order valence-corrected chi connectivity index (χ0v) is 26.7. The van der Waals surface area contributed by atoms with Gasteiger partial charge < -0.3 is 14.2 Å². The van der Waals surface area contributed by atoms with Crippen LogP contribution in [0, 0.1) is 0 Å². The van der Waals surface area contributed by atoms with Gasteiger partial charge in [-0.1, -0.05) is 7.40 Å². The second-order valence-electron chi connectivity index (χ2n) is 8.27. The number of carbonyl (C=O) groups is 4. The van der Waals surface area contributed by atoms with Crippen LogP contribution in [0.15, 0.2) is 32.6 Å². The number of esters is 2. The van der Waals surface area contributed by atoms with Gasteiger partial charge in [0, 0.05) is 7.57 Å². The summed E-state index contributed by atoms with van der Waals surface area (Å²) in [5, 5.41) is 2.74. The molecule has 0 aliphatic heterocycles. The van der Waals surface area contributed by atoms with Crippen molar-refractivity contribution in [3.05, 3.63) is 49.4 Å². The number of amides is 1. The van der Waals surface area contributed by atoms with Crippen molar-refractivity contribution in [2.24, 2.45) is 0 Å². The Kier molecular flexibility index (Phi) is 14.9. The van der Waals surface area contributed by atoms with Gasteiger partial charge in [-0.15, -0.1) is 0 Å². The Morgan fingerprint density at radius 2 is 1.66 bits per heavy atom. The minimum absolute atomic E-state index is 0.0487. The lowest BCUT2D eigenvalue weighted by Gasteiger charge is -2.20. The molecule has 0 radical (unpaired) electrons. The van der Waals surface area contributed by atoms with Crippen LogP contribution < -0.4 is 10.9 Å². The number of Topliss-reactive ketones (excluding diaryl/α,β-unsaturated/α-hetero) is 1. The quantitative estimate of drug-likeness (QED) is 0.154. The summed E-state index contributed by atoms with van der Waals surface area (Å²) in [5.41, 5.74) is 1.33. The lowest BCUT2D eigenvalue weighted by Crippen LogP contribution is -2.33. The zero-order valence-electron chi connectivity index (χ0n) is 24.5. The van der Waals surface area contributed by atoms with E-state index < -0.39 is 41.3 Å². The van der Waals surface area contributed by atoms with Crippen LogP contribution in [0.4, 0.5) is 9.18 Å². The normalized spacial score (nSPS) is 10.3. The van der Waals surface area contributed by atoms with Gasteiger partial charge >= 0.3 is 18.0 Å². The van der Waals surface area contributed by atoms with Crippen molar-refractivity contribution in [3.8, 4) is 0 Å². The molecular formula is C24H33Br2FN6O8. The van der Waals surface area contributed by atoms with Gasteiger partial charge in [-0.25, -0.2) is 34.2 Å². The maximum absolute atomic E-state index is 12.0. The van der Waals surface area contributed by atoms with Crippen molar-refractivity contribution >= 4 is 61.3 Å². The smallest absolute Gasteiger partial charge is 0.427 e. The van der Waals surface area contributed by atoms with E-state index in [0.717, 1.165) is 4.68 Å². The van der Waals surface area contributed by atoms with E-state index in [2.05, 4.69) is 52.4 Å². The minimum atomic E-state index is -0.748. The molecule has 2 N–H and O–H groups in total. The molecule has 3 heterocycles. The summed E-state index contributed by atoms with van der Waals surface area (Å²) in [4.78, 5) is 66.2. The Morgan fingerprint density at radius 3 is 2.22 bits per heavy atom. The van der Waals surface area contributed by atoms with Crippen LogP contribution in [-0.4, -0.2) is 74.1 Å². The van der Waals surface area contributed by atoms with Crippen molar-refractivity contribution in [1.82, 2.24) is 24.3 Å². The molecule has 41 heavy (non-hydrogen) atoms. The molecule has 0 fully saturated rings. The number of ketones is 1. The molecule has 0 atom stereocenters. The third kappa shape index (κ3) is 11.8. The minimum Gasteiger partial charge on any atom is -0.466 e. The van der Waals surface area contributed by atoms with Gasteiger partial charge in [0.15, 0.2) is 5.82 Å². The van der Waals surface area contributed by atoms with E-state index in [9.17, 15) is 28.4 Å². The summed E-state index contributed by atoms with van der Waals surface area (Å²) in [6, 6.07) is 0. The Hall–Kier alpha value is -3.60. The summed E-state index contributed by atoms with van der Waals surface area (Å²) in [5.74, 6) is -1.99. The standard InChI is InChI=1S/C13H18BrN3O5.C9H8BrN3O3.CH3F.CH4/c1-5-21-10(19)6-8(18)11-15-9(14)7-17(11)16-12(20)22-13(2,3)4;1-2-16-9(15)5-3-11-13-4-6(10)12-8(13)7(5)14;1-2;/h7H,5-6H2,1-4H3,(H,16,20);3-4,11H,2H2,1H3;1H3;1H4/i;;;1D. The Morgan fingerprint density at radius 1 is 1.07 bits per heavy atom. The highest BCUT2D eigenvalue weighted by Crippen LogP contribution is 2.12. The highest BCUT2D eigenvalue weighted by atomic mass is 79.9. The van der Waals surface area contributed by atoms with E-state index in [-0.39, 0.29) is 30.2 Å². The van der Waals surface area contributed by atoms with E-state index in [1.807, 2.05) is 0 Å². The van der Waals surface area contributed by atoms with Crippen LogP contribution in [0.2, 0.25) is 0 Å². The zero-order chi connectivity index (χ0) is 32.6. The molecule has 228 valence electrons. The molecule has 0 bridgehead atoms. The van der Waals surface area contributed by atoms with Crippen molar-refractivity contribution in [3.63, 3.8) is 0 Å². The van der Waals surface area contributed by atoms with E-state index in [1.165, 1.54) is 24.3 Å². The van der Waals surface area contributed by atoms with Crippen LogP contribution >= 0.6 is 31.9 Å². The largest absolute Gasteiger partial charge is 0.466 e. The van der Waals surface area contributed by atoms with Gasteiger partial charge in [-0.3, -0.25) is 23.9 Å². The number of halogens is 3. The molecule has 3 rings (SSSR count). The number of nitrogens with one attached hydrogen (secondary N) is 2. The van der Waals surface area contributed by atoms with Gasteiger partial charge in [0.1, 0.15) is 26.8 Å². The maximum atomic E-state index is 12.0. The number of aromatic nitrogens is 5. The number of rotatable bonds is 7. The van der Waals surface area contributed by atoms with Crippen molar-refractivity contribution in [2.75, 3.05) is 25.8 Å². The molecule has 0 unspecified atom stereocenters. The van der Waals surface area contributed by atoms with Crippen molar-refractivity contribution < 1.29 is 39.1 Å². The number of hydrogen-bond acceptors (Lipinski definition) is 10. The molecule has 14 nitrogen and oxygen atoms in total. The summed E-state index contributed by atoms with van der Waals surface area (Å²) in [7, 11) is 1.75. The number of H-pyrrole nitrogens is 1. The molecule has 0 aliphatic rings. The number of hydrogen-bond donors (Lipinski definition) is 2. The molecule has 17 heteroatoms. The Labute approximate surface area is 253 Å². The Bertz CT molecular complexity index is 1400. The molecule has 3 aromatic heterocycles. The van der Waals surface area contributed by atoms with Crippen LogP contribution in [0.3, 0.4) is 0 Å². The molecular weight excluding hydrogens is 679 g/mol. The van der Waals surface area contributed by atoms with E-state index >= 15 is 0 Å². The molecule has 0 saturated carbocycles. The SMILES string of the molecule is CCOC(=O)CC(=O)c1nc(Br)cn1NC(=O)OC(C)(C)C.CCOC(=O)c1c[nH]n2cc(Br)nc2c1=O.CF.[2H]C. The number of imidazole rings is 2. The molecule has 0 saturated heterocycles. The number of carbonyl (C=O) groups excluding carboxylic acids is 4. The lowest BCUT2D eigenvalue weighted by atomic mass is 10.2. The van der Waals surface area contributed by atoms with Gasteiger partial charge in [0.05, 0.1) is 32.8 Å². The van der Waals surface area contributed by atoms with Crippen LogP contribution in [-0.2, 0) is 19.0 Å². The fraction of sp³-hybridized carbons (Fsp3) is 0.458. The molecule has 0 aromatic carbocycles. The average molecular weight is 713 g/mol. The molecule has 3 aromatic rings. The summed E-state index contributed by atoms with van der Waals surface area (Å²) in [6.07, 6.45) is 3.06. The summed E-state index contributed by atoms with van der Waals surface area (Å²) < 4.78 is 33.2. The molecule has 1 amide bonds. The highest BCUT2D eigenvalue weighted by molar-refractivity contribution is 9.10. The van der Waals surface area contributed by atoms with Crippen molar-refractivity contribution in [2.45, 2.75) is 54.0 Å². The third-order valence-corrected chi connectivity index (χ3v) is 4.88. The predicted molar refractivity (Wildman–Crippen MR) is 154 cm³/mol. The first-order valence-corrected chi connectivity index (χ1v) is 13.1. The highest BCUT2D eigenvalue weighted by Gasteiger charge is 2.22. The number of ether oxygens (including phenoxy) is 3. The predicted octanol–water partition coefficient (Wildman–Crippen LogP) is 4.44. The van der Waals surface area contributed by atoms with Crippen LogP contribution in [0.1, 0.15) is 70.8 Å². The van der Waals surface area contributed by atoms with E-state index in [4.69, 9.17) is 15.6 Å². The fourth-order valence-electron chi connectivity index (χ4n) is 2.75. The first-order chi connectivity index (χ1) is 19.7.